The number of hydrogen-bond donors (Lipinski definition) is 1. The van der Waals surface area contributed by atoms with Gasteiger partial charge in [-0.3, -0.25) is 4.79 Å². The maximum absolute atomic E-state index is 14.1. The van der Waals surface area contributed by atoms with E-state index >= 15 is 0 Å². The highest BCUT2D eigenvalue weighted by molar-refractivity contribution is 7.15. The summed E-state index contributed by atoms with van der Waals surface area (Å²) in [6, 6.07) is 1.80. The molecule has 0 spiro atoms. The molecule has 39 heavy (non-hydrogen) atoms. The molecule has 8 heteroatoms. The number of amides is 1. The van der Waals surface area contributed by atoms with Gasteiger partial charge in [0.15, 0.2) is 6.29 Å². The number of carbonyl (C=O) groups is 2. The van der Waals surface area contributed by atoms with Gasteiger partial charge in [0.2, 0.25) is 5.91 Å². The van der Waals surface area contributed by atoms with E-state index in [1.54, 1.807) is 0 Å². The average Bonchev–Trinajstić information content (AvgIpc) is 3.62. The molecular formula is C31H43NO6S. The maximum atomic E-state index is 14.1. The Bertz CT molecular complexity index is 1100. The lowest BCUT2D eigenvalue weighted by molar-refractivity contribution is -0.124. The Labute approximate surface area is 236 Å². The first-order valence-electron chi connectivity index (χ1n) is 14.7. The molecule has 1 N–H and O–H groups in total. The topological polar surface area (TPSA) is 85.3 Å². The molecule has 3 atom stereocenters. The molecular weight excluding hydrogens is 514 g/mol. The first-order valence-corrected chi connectivity index (χ1v) is 15.5. The third-order valence-corrected chi connectivity index (χ3v) is 9.72. The molecule has 4 aliphatic rings. The first-order chi connectivity index (χ1) is 18.6. The molecule has 2 aliphatic heterocycles. The molecule has 3 heterocycles. The molecule has 2 aliphatic carbocycles. The summed E-state index contributed by atoms with van der Waals surface area (Å²) in [5.74, 6) is 6.36. The zero-order chi connectivity index (χ0) is 27.7. The van der Waals surface area contributed by atoms with E-state index in [1.807, 2.05) is 31.7 Å². The lowest BCUT2D eigenvalue weighted by Gasteiger charge is -2.40. The van der Waals surface area contributed by atoms with Crippen LogP contribution in [0.3, 0.4) is 0 Å². The van der Waals surface area contributed by atoms with Crippen LogP contribution in [0.25, 0.3) is 0 Å². The van der Waals surface area contributed by atoms with Crippen molar-refractivity contribution in [2.45, 2.75) is 110 Å². The van der Waals surface area contributed by atoms with Crippen LogP contribution < -0.4 is 4.90 Å². The molecule has 0 aromatic carbocycles. The molecule has 2 saturated carbocycles. The number of thiophene rings is 1. The predicted octanol–water partition coefficient (Wildman–Crippen LogP) is 6.09. The number of anilines is 1. The molecule has 7 nitrogen and oxygen atoms in total. The fraction of sp³-hybridized carbons (Fsp3) is 0.742. The van der Waals surface area contributed by atoms with Gasteiger partial charge in [-0.25, -0.2) is 4.79 Å². The summed E-state index contributed by atoms with van der Waals surface area (Å²) in [7, 11) is 0. The number of aromatic carboxylic acids is 1. The summed E-state index contributed by atoms with van der Waals surface area (Å²) in [6.07, 6.45) is 8.11. The van der Waals surface area contributed by atoms with Crippen molar-refractivity contribution in [1.29, 1.82) is 0 Å². The van der Waals surface area contributed by atoms with Crippen LogP contribution >= 0.6 is 11.3 Å². The number of ether oxygens (including phenoxy) is 3. The van der Waals surface area contributed by atoms with Crippen LogP contribution in [0.15, 0.2) is 6.07 Å². The molecule has 0 unspecified atom stereocenters. The third-order valence-electron chi connectivity index (χ3n) is 8.69. The molecule has 1 amide bonds. The summed E-state index contributed by atoms with van der Waals surface area (Å²) >= 11 is 1.18. The lowest BCUT2D eigenvalue weighted by Crippen LogP contribution is -2.47. The zero-order valence-corrected chi connectivity index (χ0v) is 24.6. The number of carbonyl (C=O) groups excluding carboxylic acids is 1. The summed E-state index contributed by atoms with van der Waals surface area (Å²) in [5.41, 5.74) is 0.323. The number of fused-ring (bicyclic) bond motifs is 1. The van der Waals surface area contributed by atoms with Crippen LogP contribution in [0.2, 0.25) is 0 Å². The second-order valence-corrected chi connectivity index (χ2v) is 14.0. The summed E-state index contributed by atoms with van der Waals surface area (Å²) in [5, 5.41) is 10.1. The number of carboxylic acids is 1. The Morgan fingerprint density at radius 3 is 2.44 bits per heavy atom. The van der Waals surface area contributed by atoms with Crippen LogP contribution in [-0.2, 0) is 19.0 Å². The van der Waals surface area contributed by atoms with Gasteiger partial charge in [-0.15, -0.1) is 11.3 Å². The molecule has 2 saturated heterocycles. The van der Waals surface area contributed by atoms with E-state index in [-0.39, 0.29) is 46.7 Å². The monoisotopic (exact) mass is 557 g/mol. The minimum Gasteiger partial charge on any atom is -0.477 e. The SMILES string of the molecule is CC(C)(C)C#Cc1cc(N(C(=O)[C@H]2CC[C@H](C)CC2)C2CCC(O[C@@H]3CO[C@H]4OCC[C@H]43)CC2)c(C(=O)O)s1. The number of rotatable bonds is 6. The van der Waals surface area contributed by atoms with E-state index in [2.05, 4.69) is 18.8 Å². The predicted molar refractivity (Wildman–Crippen MR) is 151 cm³/mol. The van der Waals surface area contributed by atoms with E-state index in [9.17, 15) is 14.7 Å². The lowest BCUT2D eigenvalue weighted by atomic mass is 9.81. The van der Waals surface area contributed by atoms with Crippen LogP contribution in [0, 0.1) is 35.0 Å². The average molecular weight is 558 g/mol. The zero-order valence-electron chi connectivity index (χ0n) is 23.7. The van der Waals surface area contributed by atoms with E-state index in [0.717, 1.165) is 64.4 Å². The first kappa shape index (κ1) is 28.6. The Morgan fingerprint density at radius 2 is 1.77 bits per heavy atom. The third kappa shape index (κ3) is 6.70. The molecule has 0 radical (unpaired) electrons. The Morgan fingerprint density at radius 1 is 1.05 bits per heavy atom. The normalized spacial score (nSPS) is 32.8. The molecule has 4 fully saturated rings. The van der Waals surface area contributed by atoms with Gasteiger partial charge in [0, 0.05) is 23.3 Å². The fourth-order valence-electron chi connectivity index (χ4n) is 6.48. The number of nitrogens with zero attached hydrogens (tertiary/aromatic N) is 1. The Kier molecular flexibility index (Phi) is 8.73. The molecule has 214 valence electrons. The molecule has 1 aromatic heterocycles. The van der Waals surface area contributed by atoms with E-state index in [4.69, 9.17) is 14.2 Å². The maximum Gasteiger partial charge on any atom is 0.348 e. The van der Waals surface area contributed by atoms with E-state index < -0.39 is 5.97 Å². The van der Waals surface area contributed by atoms with Gasteiger partial charge in [-0.2, -0.15) is 0 Å². The highest BCUT2D eigenvalue weighted by Gasteiger charge is 2.44. The van der Waals surface area contributed by atoms with Crippen LogP contribution in [0.5, 0.6) is 0 Å². The van der Waals surface area contributed by atoms with Crippen molar-refractivity contribution >= 4 is 28.9 Å². The number of hydrogen-bond acceptors (Lipinski definition) is 6. The van der Waals surface area contributed by atoms with Gasteiger partial charge in [0.25, 0.3) is 0 Å². The minimum absolute atomic E-state index is 0.0461. The summed E-state index contributed by atoms with van der Waals surface area (Å²) in [4.78, 5) is 29.3. The summed E-state index contributed by atoms with van der Waals surface area (Å²) < 4.78 is 17.9. The van der Waals surface area contributed by atoms with Crippen LogP contribution in [-0.4, -0.2) is 54.7 Å². The van der Waals surface area contributed by atoms with Gasteiger partial charge < -0.3 is 24.2 Å². The van der Waals surface area contributed by atoms with Gasteiger partial charge in [-0.05, 0) is 90.5 Å². The van der Waals surface area contributed by atoms with Crippen molar-refractivity contribution in [2.75, 3.05) is 18.1 Å². The highest BCUT2D eigenvalue weighted by atomic mass is 32.1. The van der Waals surface area contributed by atoms with Gasteiger partial charge in [0.1, 0.15) is 4.88 Å². The number of carboxylic acid groups (broad SMARTS) is 1. The highest BCUT2D eigenvalue weighted by Crippen LogP contribution is 2.40. The van der Waals surface area contributed by atoms with Gasteiger partial charge in [-0.1, -0.05) is 18.8 Å². The fourth-order valence-corrected chi connectivity index (χ4v) is 7.32. The minimum atomic E-state index is -1.000. The van der Waals surface area contributed by atoms with Crippen LogP contribution in [0.4, 0.5) is 5.69 Å². The van der Waals surface area contributed by atoms with Crippen molar-refractivity contribution in [3.63, 3.8) is 0 Å². The largest absolute Gasteiger partial charge is 0.477 e. The molecule has 0 bridgehead atoms. The van der Waals surface area contributed by atoms with Crippen molar-refractivity contribution in [1.82, 2.24) is 0 Å². The van der Waals surface area contributed by atoms with Crippen molar-refractivity contribution in [3.05, 3.63) is 15.8 Å². The van der Waals surface area contributed by atoms with Gasteiger partial charge in [0.05, 0.1) is 36.0 Å². The quantitative estimate of drug-likeness (QED) is 0.426. The van der Waals surface area contributed by atoms with Crippen molar-refractivity contribution in [2.24, 2.45) is 23.2 Å². The van der Waals surface area contributed by atoms with E-state index in [0.29, 0.717) is 29.0 Å². The standard InChI is InChI=1S/C31H43NO6S/c1-19-5-7-20(8-6-19)28(33)32(25-17-23(13-15-31(2,3)4)39-27(25)29(34)35)21-9-11-22(12-10-21)38-26-18-37-30-24(26)14-16-36-30/h17,19-22,24,26,30H,5-12,14,16,18H2,1-4H3,(H,34,35)/t19-,20-,21?,22?,24-,26+,30+/m0/s1. The van der Waals surface area contributed by atoms with Crippen molar-refractivity contribution < 1.29 is 28.9 Å². The van der Waals surface area contributed by atoms with Crippen molar-refractivity contribution in [3.8, 4) is 11.8 Å². The Hall–Kier alpha value is -1.92. The second kappa shape index (κ2) is 11.9. The second-order valence-electron chi connectivity index (χ2n) is 12.9. The van der Waals surface area contributed by atoms with E-state index in [1.165, 1.54) is 11.3 Å². The summed E-state index contributed by atoms with van der Waals surface area (Å²) in [6.45, 7) is 9.65. The Balaban J connectivity index is 1.36. The smallest absolute Gasteiger partial charge is 0.348 e. The van der Waals surface area contributed by atoms with Crippen LogP contribution in [0.1, 0.15) is 100 Å². The molecule has 5 rings (SSSR count). The molecule has 1 aromatic rings. The van der Waals surface area contributed by atoms with Gasteiger partial charge >= 0.3 is 5.97 Å².